The fourth-order valence-corrected chi connectivity index (χ4v) is 10.1. The second-order valence-electron chi connectivity index (χ2n) is 14.7. The van der Waals surface area contributed by atoms with Gasteiger partial charge in [0.25, 0.3) is 0 Å². The minimum absolute atomic E-state index is 0.414. The Bertz CT molecular complexity index is 3130. The van der Waals surface area contributed by atoms with Gasteiger partial charge in [-0.15, -0.1) is 0 Å². The predicted octanol–water partition coefficient (Wildman–Crippen LogP) is 14.0. The first-order valence-corrected chi connectivity index (χ1v) is 18.6. The van der Waals surface area contributed by atoms with Crippen molar-refractivity contribution in [3.05, 3.63) is 216 Å². The van der Waals surface area contributed by atoms with Gasteiger partial charge in [-0.2, -0.15) is 0 Å². The summed E-state index contributed by atoms with van der Waals surface area (Å²) < 4.78 is 0. The first-order valence-electron chi connectivity index (χ1n) is 18.6. The lowest BCUT2D eigenvalue weighted by molar-refractivity contribution is 0.795. The van der Waals surface area contributed by atoms with E-state index in [0.717, 1.165) is 0 Å². The molecule has 1 spiro atoms. The maximum absolute atomic E-state index is 2.59. The molecule has 0 fully saturated rings. The molecule has 0 amide bonds. The molecule has 10 aromatic carbocycles. The molecule has 0 N–H and O–H groups in total. The van der Waals surface area contributed by atoms with Crippen molar-refractivity contribution in [1.82, 2.24) is 0 Å². The van der Waals surface area contributed by atoms with E-state index in [-0.39, 0.29) is 0 Å². The molecule has 0 unspecified atom stereocenters. The Kier molecular flexibility index (Phi) is 5.80. The van der Waals surface area contributed by atoms with Crippen LogP contribution in [0, 0.1) is 0 Å². The quantitative estimate of drug-likeness (QED) is 0.161. The molecule has 0 heterocycles. The molecule has 0 aliphatic heterocycles. The number of hydrogen-bond acceptors (Lipinski definition) is 0. The van der Waals surface area contributed by atoms with Gasteiger partial charge in [-0.3, -0.25) is 0 Å². The van der Waals surface area contributed by atoms with Crippen LogP contribution in [0.3, 0.4) is 0 Å². The van der Waals surface area contributed by atoms with Gasteiger partial charge in [0.15, 0.2) is 0 Å². The zero-order valence-electron chi connectivity index (χ0n) is 29.0. The third kappa shape index (κ3) is 3.80. The third-order valence-electron chi connectivity index (χ3n) is 12.2. The van der Waals surface area contributed by atoms with Gasteiger partial charge in [-0.25, -0.2) is 0 Å². The summed E-state index contributed by atoms with van der Waals surface area (Å²) in [5, 5.41) is 10.1. The molecule has 0 atom stereocenters. The first kappa shape index (κ1) is 28.9. The number of hydrogen-bond donors (Lipinski definition) is 0. The fraction of sp³-hybridized carbons (Fsp3) is 0.0189. The first-order chi connectivity index (χ1) is 26.3. The summed E-state index contributed by atoms with van der Waals surface area (Å²) >= 11 is 0. The number of rotatable bonds is 2. The summed E-state index contributed by atoms with van der Waals surface area (Å²) in [6.07, 6.45) is 0. The van der Waals surface area contributed by atoms with Crippen molar-refractivity contribution in [2.45, 2.75) is 5.41 Å². The van der Waals surface area contributed by atoms with Gasteiger partial charge < -0.3 is 0 Å². The normalized spacial score (nSPS) is 13.4. The van der Waals surface area contributed by atoms with Crippen molar-refractivity contribution in [2.75, 3.05) is 0 Å². The zero-order valence-corrected chi connectivity index (χ0v) is 29.0. The highest BCUT2D eigenvalue weighted by Crippen LogP contribution is 2.64. The lowest BCUT2D eigenvalue weighted by Crippen LogP contribution is -2.25. The summed E-state index contributed by atoms with van der Waals surface area (Å²) in [5.41, 5.74) is 15.4. The van der Waals surface area contributed by atoms with Gasteiger partial charge in [0.2, 0.25) is 0 Å². The second kappa shape index (κ2) is 10.6. The summed E-state index contributed by atoms with van der Waals surface area (Å²) in [5.74, 6) is 0. The Hall–Kier alpha value is -6.76. The molecule has 0 radical (unpaired) electrons. The average Bonchev–Trinajstić information content (AvgIpc) is 3.68. The van der Waals surface area contributed by atoms with Gasteiger partial charge in [-0.1, -0.05) is 170 Å². The van der Waals surface area contributed by atoms with E-state index in [1.54, 1.807) is 0 Å². The van der Waals surface area contributed by atoms with Crippen LogP contribution >= 0.6 is 0 Å². The van der Waals surface area contributed by atoms with Crippen LogP contribution in [-0.2, 0) is 5.41 Å². The number of fused-ring (bicyclic) bond motifs is 14. The van der Waals surface area contributed by atoms with E-state index >= 15 is 0 Å². The highest BCUT2D eigenvalue weighted by atomic mass is 14.5. The van der Waals surface area contributed by atoms with E-state index in [0.29, 0.717) is 0 Å². The smallest absolute Gasteiger partial charge is 0.0619 e. The maximum atomic E-state index is 2.59. The standard InChI is InChI=1S/C53H32/c1-3-15-35-29-37(27-25-33(35)13-1)51-42-20-5-6-21-43(42)52(38-28-26-34-14-2-4-16-36(34)30-38)46-32-50-44(31-45(46)51)41-19-9-12-24-49(41)53(50)47-22-10-7-17-39(47)40-18-8-11-23-48(40)53/h1-32H. The zero-order chi connectivity index (χ0) is 34.7. The van der Waals surface area contributed by atoms with Crippen LogP contribution in [0.4, 0.5) is 0 Å². The molecular formula is C53H32. The van der Waals surface area contributed by atoms with Crippen molar-refractivity contribution < 1.29 is 0 Å². The molecule has 0 saturated heterocycles. The second-order valence-corrected chi connectivity index (χ2v) is 14.7. The van der Waals surface area contributed by atoms with Crippen LogP contribution in [0.15, 0.2) is 194 Å². The fourth-order valence-electron chi connectivity index (χ4n) is 10.1. The minimum atomic E-state index is -0.414. The van der Waals surface area contributed by atoms with E-state index in [4.69, 9.17) is 0 Å². The topological polar surface area (TPSA) is 0 Å². The molecule has 0 aromatic heterocycles. The predicted molar refractivity (Wildman–Crippen MR) is 224 cm³/mol. The maximum Gasteiger partial charge on any atom is 0.0725 e. The lowest BCUT2D eigenvalue weighted by Gasteiger charge is -2.31. The van der Waals surface area contributed by atoms with E-state index in [2.05, 4.69) is 194 Å². The summed E-state index contributed by atoms with van der Waals surface area (Å²) in [6, 6.07) is 73.0. The average molecular weight is 669 g/mol. The van der Waals surface area contributed by atoms with Gasteiger partial charge >= 0.3 is 0 Å². The molecule has 12 rings (SSSR count). The Labute approximate surface area is 308 Å². The van der Waals surface area contributed by atoms with E-state index < -0.39 is 5.41 Å². The summed E-state index contributed by atoms with van der Waals surface area (Å²) in [4.78, 5) is 0. The molecule has 0 heteroatoms. The van der Waals surface area contributed by atoms with Gasteiger partial charge in [0, 0.05) is 0 Å². The molecule has 244 valence electrons. The molecule has 10 aromatic rings. The molecule has 0 saturated carbocycles. The number of benzene rings is 10. The molecule has 53 heavy (non-hydrogen) atoms. The van der Waals surface area contributed by atoms with Gasteiger partial charge in [0.05, 0.1) is 5.41 Å². The Morgan fingerprint density at radius 2 is 0.642 bits per heavy atom. The molecule has 2 aliphatic rings. The van der Waals surface area contributed by atoms with Crippen LogP contribution in [0.1, 0.15) is 22.3 Å². The van der Waals surface area contributed by atoms with E-state index in [1.807, 2.05) is 0 Å². The van der Waals surface area contributed by atoms with Crippen molar-refractivity contribution >= 4 is 43.1 Å². The SMILES string of the molecule is c1ccc2c(c1)-c1ccccc1C21c2ccccc2-c2cc3c(-c4ccc5ccccc5c4)c4ccccc4c(-c4ccc5ccccc5c4)c3cc21. The minimum Gasteiger partial charge on any atom is -0.0619 e. The van der Waals surface area contributed by atoms with Crippen LogP contribution in [0.25, 0.3) is 87.6 Å². The van der Waals surface area contributed by atoms with Gasteiger partial charge in [0.1, 0.15) is 0 Å². The third-order valence-corrected chi connectivity index (χ3v) is 12.2. The van der Waals surface area contributed by atoms with Crippen molar-refractivity contribution in [3.63, 3.8) is 0 Å². The Morgan fingerprint density at radius 3 is 1.15 bits per heavy atom. The van der Waals surface area contributed by atoms with Crippen LogP contribution in [0.2, 0.25) is 0 Å². The molecular weight excluding hydrogens is 637 g/mol. The highest BCUT2D eigenvalue weighted by Gasteiger charge is 2.51. The van der Waals surface area contributed by atoms with Crippen molar-refractivity contribution in [1.29, 1.82) is 0 Å². The van der Waals surface area contributed by atoms with Gasteiger partial charge in [-0.05, 0) is 134 Å². The van der Waals surface area contributed by atoms with Crippen LogP contribution in [0.5, 0.6) is 0 Å². The molecule has 2 aliphatic carbocycles. The Morgan fingerprint density at radius 1 is 0.245 bits per heavy atom. The summed E-state index contributed by atoms with van der Waals surface area (Å²) in [7, 11) is 0. The molecule has 0 bridgehead atoms. The highest BCUT2D eigenvalue weighted by molar-refractivity contribution is 6.23. The summed E-state index contributed by atoms with van der Waals surface area (Å²) in [6.45, 7) is 0. The van der Waals surface area contributed by atoms with Crippen molar-refractivity contribution in [3.8, 4) is 44.5 Å². The largest absolute Gasteiger partial charge is 0.0725 e. The lowest BCUT2D eigenvalue weighted by atomic mass is 9.70. The molecule has 0 nitrogen and oxygen atoms in total. The Balaban J connectivity index is 1.29. The van der Waals surface area contributed by atoms with E-state index in [9.17, 15) is 0 Å². The van der Waals surface area contributed by atoms with E-state index in [1.165, 1.54) is 110 Å². The van der Waals surface area contributed by atoms with Crippen molar-refractivity contribution in [2.24, 2.45) is 0 Å². The monoisotopic (exact) mass is 668 g/mol. The van der Waals surface area contributed by atoms with Crippen LogP contribution in [-0.4, -0.2) is 0 Å². The van der Waals surface area contributed by atoms with Crippen LogP contribution < -0.4 is 0 Å².